The average Bonchev–Trinajstić information content (AvgIpc) is 3.04. The maximum absolute atomic E-state index is 12.4. The summed E-state index contributed by atoms with van der Waals surface area (Å²) in [5.41, 5.74) is 13.8. The van der Waals surface area contributed by atoms with Crippen LogP contribution in [0.25, 0.3) is 10.9 Å². The van der Waals surface area contributed by atoms with E-state index in [1.165, 1.54) is 7.05 Å². The Balaban J connectivity index is 2.06. The number of fused-ring (bicyclic) bond motifs is 1. The minimum Gasteiger partial charge on any atom is -0.453 e. The molecule has 0 saturated carbocycles. The van der Waals surface area contributed by atoms with Gasteiger partial charge < -0.3 is 21.2 Å². The van der Waals surface area contributed by atoms with Gasteiger partial charge in [-0.1, -0.05) is 18.2 Å². The third kappa shape index (κ3) is 2.99. The van der Waals surface area contributed by atoms with E-state index in [4.69, 9.17) is 21.6 Å². The number of nitrogens with two attached hydrogens (primary N) is 2. The summed E-state index contributed by atoms with van der Waals surface area (Å²) < 4.78 is 5.93. The van der Waals surface area contributed by atoms with Crippen molar-refractivity contribution in [2.75, 3.05) is 12.8 Å². The van der Waals surface area contributed by atoms with Crippen LogP contribution in [0.2, 0.25) is 0 Å². The zero-order chi connectivity index (χ0) is 18.1. The predicted octanol–water partition coefficient (Wildman–Crippen LogP) is 2.82. The zero-order valence-corrected chi connectivity index (χ0v) is 14.0. The van der Waals surface area contributed by atoms with E-state index in [0.717, 1.165) is 15.8 Å². The van der Waals surface area contributed by atoms with Crippen LogP contribution in [0.5, 0.6) is 11.5 Å². The number of amides is 1. The Bertz CT molecular complexity index is 977. The summed E-state index contributed by atoms with van der Waals surface area (Å²) in [6.07, 6.45) is 0. The highest BCUT2D eigenvalue weighted by Crippen LogP contribution is 2.34. The van der Waals surface area contributed by atoms with Crippen molar-refractivity contribution < 1.29 is 9.53 Å². The van der Waals surface area contributed by atoms with E-state index >= 15 is 0 Å². The van der Waals surface area contributed by atoms with Crippen molar-refractivity contribution >= 4 is 28.5 Å². The number of ether oxygens (including phenoxy) is 1. The van der Waals surface area contributed by atoms with Crippen LogP contribution in [0.1, 0.15) is 16.1 Å². The van der Waals surface area contributed by atoms with Crippen molar-refractivity contribution in [3.05, 3.63) is 53.7 Å². The van der Waals surface area contributed by atoms with Crippen molar-refractivity contribution in [2.24, 2.45) is 5.73 Å². The number of hydrogen-bond acceptors (Lipinski definition) is 4. The van der Waals surface area contributed by atoms with Crippen molar-refractivity contribution in [2.45, 2.75) is 6.92 Å². The number of benzene rings is 2. The second-order valence-electron chi connectivity index (χ2n) is 5.74. The van der Waals surface area contributed by atoms with Gasteiger partial charge >= 0.3 is 0 Å². The van der Waals surface area contributed by atoms with Crippen LogP contribution in [-0.4, -0.2) is 28.8 Å². The van der Waals surface area contributed by atoms with Crippen molar-refractivity contribution in [1.29, 1.82) is 5.41 Å². The Labute approximate surface area is 144 Å². The van der Waals surface area contributed by atoms with E-state index in [1.807, 2.05) is 31.2 Å². The van der Waals surface area contributed by atoms with Crippen molar-refractivity contribution in [3.63, 3.8) is 0 Å². The standard InChI is InChI=1S/C18H19N5O2/c1-10-7-8-15(25-14-6-4-3-5-12(14)19)16-11(10)9-13(22-16)17(24)23(2)18(20)21/h3-9,22H,19H2,1-2H3,(H3,20,21). The van der Waals surface area contributed by atoms with Crippen molar-refractivity contribution in [1.82, 2.24) is 9.88 Å². The SMILES string of the molecule is Cc1ccc(Oc2ccccc2N)c2[nH]c(C(=O)N(C)C(=N)N)cc12. The van der Waals surface area contributed by atoms with Crippen LogP contribution in [-0.2, 0) is 0 Å². The van der Waals surface area contributed by atoms with Crippen LogP contribution in [0, 0.1) is 12.3 Å². The summed E-state index contributed by atoms with van der Waals surface area (Å²) >= 11 is 0. The molecule has 7 nitrogen and oxygen atoms in total. The molecule has 0 spiro atoms. The summed E-state index contributed by atoms with van der Waals surface area (Å²) in [5, 5.41) is 8.26. The number of rotatable bonds is 3. The summed E-state index contributed by atoms with van der Waals surface area (Å²) in [4.78, 5) is 16.5. The first kappa shape index (κ1) is 16.4. The summed E-state index contributed by atoms with van der Waals surface area (Å²) in [6.45, 7) is 1.94. The molecule has 25 heavy (non-hydrogen) atoms. The van der Waals surface area contributed by atoms with Gasteiger partial charge in [0.05, 0.1) is 11.2 Å². The van der Waals surface area contributed by atoms with E-state index in [0.29, 0.717) is 28.4 Å². The van der Waals surface area contributed by atoms with Crippen LogP contribution >= 0.6 is 0 Å². The lowest BCUT2D eigenvalue weighted by atomic mass is 10.1. The van der Waals surface area contributed by atoms with Gasteiger partial charge in [-0.2, -0.15) is 0 Å². The van der Waals surface area contributed by atoms with Crippen molar-refractivity contribution in [3.8, 4) is 11.5 Å². The number of anilines is 1. The molecule has 0 aliphatic heterocycles. The molecule has 0 atom stereocenters. The van der Waals surface area contributed by atoms with Gasteiger partial charge in [-0.3, -0.25) is 15.1 Å². The van der Waals surface area contributed by atoms with Gasteiger partial charge in [0.25, 0.3) is 5.91 Å². The number of guanidine groups is 1. The van der Waals surface area contributed by atoms with E-state index in [-0.39, 0.29) is 5.96 Å². The fraction of sp³-hybridized carbons (Fsp3) is 0.111. The number of nitrogens with zero attached hydrogens (tertiary/aromatic N) is 1. The van der Waals surface area contributed by atoms with Gasteiger partial charge in [-0.15, -0.1) is 0 Å². The van der Waals surface area contributed by atoms with Crippen LogP contribution < -0.4 is 16.2 Å². The monoisotopic (exact) mass is 337 g/mol. The quantitative estimate of drug-likeness (QED) is 0.333. The number of nitrogens with one attached hydrogen (secondary N) is 2. The summed E-state index contributed by atoms with van der Waals surface area (Å²) in [6, 6.07) is 12.7. The summed E-state index contributed by atoms with van der Waals surface area (Å²) in [7, 11) is 1.45. The molecular formula is C18H19N5O2. The molecule has 1 aromatic heterocycles. The smallest absolute Gasteiger partial charge is 0.276 e. The van der Waals surface area contributed by atoms with Gasteiger partial charge in [-0.05, 0) is 36.8 Å². The van der Waals surface area contributed by atoms with Gasteiger partial charge in [0.15, 0.2) is 11.7 Å². The lowest BCUT2D eigenvalue weighted by Crippen LogP contribution is -2.38. The summed E-state index contributed by atoms with van der Waals surface area (Å²) in [5.74, 6) is 0.376. The Hall–Kier alpha value is -3.48. The molecule has 0 unspecified atom stereocenters. The first-order valence-corrected chi connectivity index (χ1v) is 7.65. The molecule has 3 rings (SSSR count). The second-order valence-corrected chi connectivity index (χ2v) is 5.74. The predicted molar refractivity (Wildman–Crippen MR) is 98.0 cm³/mol. The zero-order valence-electron chi connectivity index (χ0n) is 14.0. The molecule has 0 saturated heterocycles. The number of para-hydroxylation sites is 2. The molecule has 0 fully saturated rings. The highest BCUT2D eigenvalue weighted by molar-refractivity contribution is 6.06. The highest BCUT2D eigenvalue weighted by Gasteiger charge is 2.19. The highest BCUT2D eigenvalue weighted by atomic mass is 16.5. The molecule has 1 amide bonds. The minimum absolute atomic E-state index is 0.325. The minimum atomic E-state index is -0.395. The Morgan fingerprint density at radius 3 is 2.60 bits per heavy atom. The number of aromatic nitrogens is 1. The van der Waals surface area contributed by atoms with Gasteiger partial charge in [0.2, 0.25) is 0 Å². The molecule has 0 aliphatic rings. The number of H-pyrrole nitrogens is 1. The van der Waals surface area contributed by atoms with Gasteiger partial charge in [0.1, 0.15) is 11.4 Å². The number of aromatic amines is 1. The number of hydrogen-bond donors (Lipinski definition) is 4. The molecule has 0 bridgehead atoms. The molecular weight excluding hydrogens is 318 g/mol. The van der Waals surface area contributed by atoms with Gasteiger partial charge in [0, 0.05) is 12.4 Å². The molecule has 0 aliphatic carbocycles. The Morgan fingerprint density at radius 2 is 1.92 bits per heavy atom. The van der Waals surface area contributed by atoms with Crippen LogP contribution in [0.4, 0.5) is 5.69 Å². The molecule has 1 heterocycles. The molecule has 2 aromatic carbocycles. The van der Waals surface area contributed by atoms with E-state index < -0.39 is 5.91 Å². The molecule has 7 heteroatoms. The average molecular weight is 337 g/mol. The van der Waals surface area contributed by atoms with Gasteiger partial charge in [-0.25, -0.2) is 0 Å². The third-order valence-electron chi connectivity index (χ3n) is 4.01. The molecule has 128 valence electrons. The molecule has 0 radical (unpaired) electrons. The first-order chi connectivity index (χ1) is 11.9. The number of nitrogen functional groups attached to an aromatic ring is 1. The fourth-order valence-corrected chi connectivity index (χ4v) is 2.52. The number of carbonyl (C=O) groups is 1. The molecule has 3 aromatic rings. The first-order valence-electron chi connectivity index (χ1n) is 7.65. The Kier molecular flexibility index (Phi) is 4.06. The van der Waals surface area contributed by atoms with Crippen LogP contribution in [0.3, 0.4) is 0 Å². The maximum Gasteiger partial charge on any atom is 0.276 e. The van der Waals surface area contributed by atoms with E-state index in [9.17, 15) is 4.79 Å². The van der Waals surface area contributed by atoms with E-state index in [2.05, 4.69) is 4.98 Å². The number of carbonyl (C=O) groups excluding carboxylic acids is 1. The van der Waals surface area contributed by atoms with E-state index in [1.54, 1.807) is 18.2 Å². The lowest BCUT2D eigenvalue weighted by Gasteiger charge is -2.13. The normalized spacial score (nSPS) is 10.6. The topological polar surface area (TPSA) is 121 Å². The third-order valence-corrected chi connectivity index (χ3v) is 4.01. The molecule has 6 N–H and O–H groups in total. The fourth-order valence-electron chi connectivity index (χ4n) is 2.52. The lowest BCUT2D eigenvalue weighted by molar-refractivity contribution is 0.0864. The largest absolute Gasteiger partial charge is 0.453 e. The Morgan fingerprint density at radius 1 is 1.20 bits per heavy atom. The number of aryl methyl sites for hydroxylation is 1. The van der Waals surface area contributed by atoms with Crippen LogP contribution in [0.15, 0.2) is 42.5 Å². The maximum atomic E-state index is 12.4. The second kappa shape index (κ2) is 6.20.